The van der Waals surface area contributed by atoms with E-state index in [0.717, 1.165) is 103 Å². The Hall–Kier alpha value is -3.25. The second kappa shape index (κ2) is 40.8. The number of unbranched alkanes of at least 4 members (excludes halogenated alkanes) is 2. The predicted octanol–water partition coefficient (Wildman–Crippen LogP) is 14.0. The molecule has 0 aliphatic carbocycles. The standard InChI is InChI=1S/C30H48O4.C19H32O6S2/c1-5-8-9-10-11-12-13-14-15-16-17-18-19-20-21-22-23-26-29(31)33-27(4)34-30(32)28(24-6-2)25-7-3;1-4-8-15(9-5-2)18(21)25-19(22)24-14(3)23-17(20)11-7-6-10-16-12-13-26-27-16/h8-9,11-12,14-15,17-18,20-21,27-28H,5-7,10,13,16,19,22-26H2,1-4H3;14-16H,4-13H2,1-3H3/b9-8-,12-11-,15-14-,18-17-,21-20-;/t;14?,16-/m.0/s1. The van der Waals surface area contributed by atoms with Crippen LogP contribution < -0.4 is 0 Å². The maximum absolute atomic E-state index is 12.2. The summed E-state index contributed by atoms with van der Waals surface area (Å²) in [6.45, 7) is 13.2. The average molecular weight is 893 g/mol. The van der Waals surface area contributed by atoms with E-state index in [-0.39, 0.29) is 23.8 Å². The van der Waals surface area contributed by atoms with E-state index >= 15 is 0 Å². The number of ether oxygens (including phenoxy) is 5. The first kappa shape index (κ1) is 57.8. The maximum atomic E-state index is 12.2. The Labute approximate surface area is 377 Å². The number of carbonyl (C=O) groups is 5. The molecule has 3 atom stereocenters. The lowest BCUT2D eigenvalue weighted by molar-refractivity contribution is -0.188. The Balaban J connectivity index is 0.00000121. The predicted molar refractivity (Wildman–Crippen MR) is 252 cm³/mol. The molecule has 0 aromatic carbocycles. The molecule has 2 unspecified atom stereocenters. The molecule has 348 valence electrons. The molecule has 1 rings (SSSR count). The molecule has 0 aromatic rings. The monoisotopic (exact) mass is 893 g/mol. The van der Waals surface area contributed by atoms with Gasteiger partial charge in [0.1, 0.15) is 0 Å². The normalized spacial score (nSPS) is 15.2. The summed E-state index contributed by atoms with van der Waals surface area (Å²) in [7, 11) is 3.85. The van der Waals surface area contributed by atoms with Gasteiger partial charge in [0.15, 0.2) is 0 Å². The van der Waals surface area contributed by atoms with Crippen molar-refractivity contribution in [1.29, 1.82) is 0 Å². The molecular formula is C49H80O10S2. The van der Waals surface area contributed by atoms with E-state index in [1.807, 2.05) is 35.4 Å². The summed E-state index contributed by atoms with van der Waals surface area (Å²) in [6, 6.07) is 0. The molecule has 10 nitrogen and oxygen atoms in total. The minimum atomic E-state index is -1.12. The van der Waals surface area contributed by atoms with Crippen LogP contribution in [0.15, 0.2) is 60.8 Å². The highest BCUT2D eigenvalue weighted by molar-refractivity contribution is 8.77. The zero-order valence-corrected chi connectivity index (χ0v) is 40.2. The summed E-state index contributed by atoms with van der Waals surface area (Å²) in [5, 5.41) is 0.699. The Bertz CT molecular complexity index is 1310. The van der Waals surface area contributed by atoms with Crippen molar-refractivity contribution in [2.75, 3.05) is 5.75 Å². The summed E-state index contributed by atoms with van der Waals surface area (Å²) >= 11 is 0. The first-order valence-corrected chi connectivity index (χ1v) is 25.4. The molecular weight excluding hydrogens is 813 g/mol. The molecule has 0 amide bonds. The van der Waals surface area contributed by atoms with Gasteiger partial charge in [-0.1, -0.05) is 149 Å². The number of hydrogen-bond donors (Lipinski definition) is 0. The van der Waals surface area contributed by atoms with E-state index < -0.39 is 30.7 Å². The summed E-state index contributed by atoms with van der Waals surface area (Å²) < 4.78 is 25.2. The molecule has 1 saturated heterocycles. The van der Waals surface area contributed by atoms with E-state index in [2.05, 4.69) is 81.5 Å². The SMILES string of the molecule is CC/C=C\C/C=C\C/C=C\C/C=C\C/C=C\CCCC(=O)OC(C)OC(=O)C(CCC)CCC.CCCC(CCC)C(=O)OC(=O)OC(C)OC(=O)CCCC[C@H]1CCSS1. The highest BCUT2D eigenvalue weighted by Crippen LogP contribution is 2.40. The topological polar surface area (TPSA) is 132 Å². The van der Waals surface area contributed by atoms with Gasteiger partial charge in [-0.3, -0.25) is 19.2 Å². The van der Waals surface area contributed by atoms with Crippen molar-refractivity contribution in [2.24, 2.45) is 11.8 Å². The molecule has 0 saturated carbocycles. The van der Waals surface area contributed by atoms with Gasteiger partial charge in [0.2, 0.25) is 12.6 Å². The van der Waals surface area contributed by atoms with Crippen molar-refractivity contribution in [3.05, 3.63) is 60.8 Å². The number of rotatable bonds is 32. The summed E-state index contributed by atoms with van der Waals surface area (Å²) in [5.41, 5.74) is 0. The lowest BCUT2D eigenvalue weighted by atomic mass is 9.99. The smallest absolute Gasteiger partial charge is 0.425 e. The second-order valence-electron chi connectivity index (χ2n) is 15.1. The van der Waals surface area contributed by atoms with Gasteiger partial charge in [0.05, 0.1) is 11.8 Å². The third kappa shape index (κ3) is 35.0. The number of esters is 4. The van der Waals surface area contributed by atoms with Crippen molar-refractivity contribution in [1.82, 2.24) is 0 Å². The zero-order chi connectivity index (χ0) is 45.4. The molecule has 0 N–H and O–H groups in total. The summed E-state index contributed by atoms with van der Waals surface area (Å²) in [6.07, 6.45) is 36.3. The quantitative estimate of drug-likeness (QED) is 0.0121. The molecule has 0 bridgehead atoms. The molecule has 61 heavy (non-hydrogen) atoms. The van der Waals surface area contributed by atoms with Crippen LogP contribution in [0.25, 0.3) is 0 Å². The fourth-order valence-corrected chi connectivity index (χ4v) is 9.24. The van der Waals surface area contributed by atoms with E-state index in [9.17, 15) is 24.0 Å². The number of allylic oxidation sites excluding steroid dienone is 10. The number of carbonyl (C=O) groups excluding carboxylic acids is 5. The molecule has 1 heterocycles. The van der Waals surface area contributed by atoms with E-state index in [4.69, 9.17) is 23.7 Å². The highest BCUT2D eigenvalue weighted by Gasteiger charge is 2.25. The minimum Gasteiger partial charge on any atom is -0.425 e. The Morgan fingerprint density at radius 1 is 0.557 bits per heavy atom. The maximum Gasteiger partial charge on any atom is 0.519 e. The number of hydrogen-bond acceptors (Lipinski definition) is 12. The lowest BCUT2D eigenvalue weighted by Crippen LogP contribution is -2.26. The van der Waals surface area contributed by atoms with Gasteiger partial charge in [-0.05, 0) is 89.9 Å². The van der Waals surface area contributed by atoms with Gasteiger partial charge in [0.25, 0.3) is 0 Å². The molecule has 12 heteroatoms. The van der Waals surface area contributed by atoms with Gasteiger partial charge in [-0.25, -0.2) is 4.79 Å². The first-order chi connectivity index (χ1) is 29.5. The van der Waals surface area contributed by atoms with Gasteiger partial charge in [-0.15, -0.1) is 0 Å². The van der Waals surface area contributed by atoms with Crippen LogP contribution in [0, 0.1) is 11.8 Å². The fraction of sp³-hybridized carbons (Fsp3) is 0.694. The van der Waals surface area contributed by atoms with Crippen molar-refractivity contribution >= 4 is 51.6 Å². The molecule has 0 spiro atoms. The lowest BCUT2D eigenvalue weighted by Gasteiger charge is -2.18. The van der Waals surface area contributed by atoms with E-state index in [1.165, 1.54) is 19.1 Å². The van der Waals surface area contributed by atoms with Gasteiger partial charge >= 0.3 is 30.0 Å². The van der Waals surface area contributed by atoms with Crippen molar-refractivity contribution in [2.45, 2.75) is 201 Å². The Morgan fingerprint density at radius 2 is 1.02 bits per heavy atom. The largest absolute Gasteiger partial charge is 0.519 e. The van der Waals surface area contributed by atoms with Crippen LogP contribution in [0.5, 0.6) is 0 Å². The van der Waals surface area contributed by atoms with E-state index in [1.54, 1.807) is 6.92 Å². The van der Waals surface area contributed by atoms with Crippen LogP contribution in [0.2, 0.25) is 0 Å². The van der Waals surface area contributed by atoms with Crippen molar-refractivity contribution in [3.8, 4) is 0 Å². The second-order valence-corrected chi connectivity index (χ2v) is 17.9. The Morgan fingerprint density at radius 3 is 1.49 bits per heavy atom. The van der Waals surface area contributed by atoms with E-state index in [0.29, 0.717) is 30.9 Å². The fourth-order valence-electron chi connectivity index (χ4n) is 6.21. The zero-order valence-electron chi connectivity index (χ0n) is 38.6. The Kier molecular flexibility index (Phi) is 38.6. The summed E-state index contributed by atoms with van der Waals surface area (Å²) in [5.74, 6) is -0.774. The molecule has 0 aromatic heterocycles. The molecule has 1 fully saturated rings. The van der Waals surface area contributed by atoms with Crippen LogP contribution in [-0.4, -0.2) is 53.6 Å². The highest BCUT2D eigenvalue weighted by atomic mass is 33.1. The summed E-state index contributed by atoms with van der Waals surface area (Å²) in [4.78, 5) is 59.7. The van der Waals surface area contributed by atoms with Crippen LogP contribution in [-0.2, 0) is 42.9 Å². The molecule has 0 radical (unpaired) electrons. The third-order valence-corrected chi connectivity index (χ3v) is 12.3. The molecule has 1 aliphatic heterocycles. The van der Waals surface area contributed by atoms with Crippen molar-refractivity contribution in [3.63, 3.8) is 0 Å². The van der Waals surface area contributed by atoms with Crippen LogP contribution >= 0.6 is 21.6 Å². The van der Waals surface area contributed by atoms with Crippen LogP contribution in [0.1, 0.15) is 183 Å². The van der Waals surface area contributed by atoms with Gasteiger partial charge in [-0.2, -0.15) is 0 Å². The van der Waals surface area contributed by atoms with Crippen LogP contribution in [0.4, 0.5) is 4.79 Å². The van der Waals surface area contributed by atoms with Crippen LogP contribution in [0.3, 0.4) is 0 Å². The average Bonchev–Trinajstić information content (AvgIpc) is 3.74. The first-order valence-electron chi connectivity index (χ1n) is 23.1. The minimum absolute atomic E-state index is 0.105. The van der Waals surface area contributed by atoms with Gasteiger partial charge < -0.3 is 23.7 Å². The third-order valence-electron chi connectivity index (χ3n) is 9.33. The van der Waals surface area contributed by atoms with Crippen molar-refractivity contribution < 1.29 is 47.7 Å². The molecule has 1 aliphatic rings. The van der Waals surface area contributed by atoms with Gasteiger partial charge in [0, 0.05) is 37.7 Å².